The van der Waals surface area contributed by atoms with Crippen LogP contribution in [0.4, 0.5) is 0 Å². The van der Waals surface area contributed by atoms with E-state index in [-0.39, 0.29) is 0 Å². The third-order valence-electron chi connectivity index (χ3n) is 4.30. The molecule has 2 heteroatoms. The second kappa shape index (κ2) is 3.09. The van der Waals surface area contributed by atoms with Gasteiger partial charge in [-0.05, 0) is 25.3 Å². The van der Waals surface area contributed by atoms with Gasteiger partial charge in [-0.25, -0.2) is 0 Å². The maximum atomic E-state index is 4.89. The Kier molecular flexibility index (Phi) is 1.70. The Morgan fingerprint density at radius 1 is 1.25 bits per heavy atom. The van der Waals surface area contributed by atoms with Crippen LogP contribution in [0.2, 0.25) is 0 Å². The van der Waals surface area contributed by atoms with Gasteiger partial charge in [-0.3, -0.25) is 4.99 Å². The van der Waals surface area contributed by atoms with Crippen molar-refractivity contribution in [2.45, 2.75) is 19.3 Å². The average Bonchev–Trinajstić information content (AvgIpc) is 2.92. The molecule has 16 heavy (non-hydrogen) atoms. The lowest BCUT2D eigenvalue weighted by atomic mass is 9.82. The molecule has 0 amide bonds. The van der Waals surface area contributed by atoms with Crippen LogP contribution in [0.25, 0.3) is 0 Å². The van der Waals surface area contributed by atoms with Gasteiger partial charge in [0.2, 0.25) is 0 Å². The van der Waals surface area contributed by atoms with E-state index >= 15 is 0 Å². The zero-order valence-corrected chi connectivity index (χ0v) is 9.39. The molecule has 0 radical (unpaired) electrons. The minimum atomic E-state index is 0.579. The van der Waals surface area contributed by atoms with Gasteiger partial charge in [-0.1, -0.05) is 18.2 Å². The molecule has 3 heterocycles. The van der Waals surface area contributed by atoms with E-state index in [0.717, 1.165) is 0 Å². The first-order chi connectivity index (χ1) is 7.93. The van der Waals surface area contributed by atoms with Gasteiger partial charge in [-0.2, -0.15) is 0 Å². The molecule has 0 bridgehead atoms. The van der Waals surface area contributed by atoms with Crippen molar-refractivity contribution in [1.82, 2.24) is 4.90 Å². The van der Waals surface area contributed by atoms with Gasteiger partial charge >= 0.3 is 0 Å². The number of hydrogen-bond donors (Lipinski definition) is 0. The van der Waals surface area contributed by atoms with Crippen LogP contribution in [0.1, 0.15) is 19.3 Å². The van der Waals surface area contributed by atoms with Crippen molar-refractivity contribution >= 4 is 5.71 Å². The Bertz CT molecular complexity index is 453. The maximum absolute atomic E-state index is 4.89. The van der Waals surface area contributed by atoms with Gasteiger partial charge in [0.15, 0.2) is 0 Å². The second-order valence-electron chi connectivity index (χ2n) is 5.12. The molecular formula is C14H16N2. The van der Waals surface area contributed by atoms with Gasteiger partial charge < -0.3 is 4.90 Å². The molecule has 0 saturated carbocycles. The molecule has 1 saturated heterocycles. The van der Waals surface area contributed by atoms with Crippen LogP contribution in [0.5, 0.6) is 0 Å². The van der Waals surface area contributed by atoms with E-state index in [0.29, 0.717) is 11.8 Å². The van der Waals surface area contributed by atoms with E-state index in [2.05, 4.69) is 29.2 Å². The molecule has 0 aromatic rings. The quantitative estimate of drug-likeness (QED) is 0.602. The van der Waals surface area contributed by atoms with Crippen molar-refractivity contribution in [3.05, 3.63) is 35.7 Å². The van der Waals surface area contributed by atoms with E-state index in [1.165, 1.54) is 43.8 Å². The fourth-order valence-corrected chi connectivity index (χ4v) is 3.55. The first kappa shape index (κ1) is 8.80. The van der Waals surface area contributed by atoms with E-state index in [4.69, 9.17) is 4.99 Å². The highest BCUT2D eigenvalue weighted by Crippen LogP contribution is 2.44. The van der Waals surface area contributed by atoms with Crippen molar-refractivity contribution < 1.29 is 0 Å². The van der Waals surface area contributed by atoms with Crippen LogP contribution in [0.3, 0.4) is 0 Å². The largest absolute Gasteiger partial charge is 0.373 e. The summed E-state index contributed by atoms with van der Waals surface area (Å²) in [6.07, 6.45) is 12.7. The SMILES string of the molecule is C1=CC2=NC3=C4CCCN4CCC3C2C=C1. The summed E-state index contributed by atoms with van der Waals surface area (Å²) in [6, 6.07) is 0. The minimum Gasteiger partial charge on any atom is -0.373 e. The van der Waals surface area contributed by atoms with Crippen LogP contribution in [0, 0.1) is 11.8 Å². The van der Waals surface area contributed by atoms with Gasteiger partial charge in [0.05, 0.1) is 5.70 Å². The molecule has 0 aromatic carbocycles. The Hall–Kier alpha value is -1.31. The van der Waals surface area contributed by atoms with Crippen molar-refractivity contribution in [2.75, 3.05) is 13.1 Å². The van der Waals surface area contributed by atoms with Gasteiger partial charge in [0.25, 0.3) is 0 Å². The first-order valence-corrected chi connectivity index (χ1v) is 6.35. The second-order valence-corrected chi connectivity index (χ2v) is 5.12. The lowest BCUT2D eigenvalue weighted by Crippen LogP contribution is -2.30. The molecule has 2 atom stereocenters. The first-order valence-electron chi connectivity index (χ1n) is 6.35. The summed E-state index contributed by atoms with van der Waals surface area (Å²) < 4.78 is 0. The number of fused-ring (bicyclic) bond motifs is 4. The summed E-state index contributed by atoms with van der Waals surface area (Å²) in [4.78, 5) is 7.45. The summed E-state index contributed by atoms with van der Waals surface area (Å²) in [5.41, 5.74) is 4.27. The van der Waals surface area contributed by atoms with E-state index in [1.807, 2.05) is 0 Å². The lowest BCUT2D eigenvalue weighted by Gasteiger charge is -2.31. The standard InChI is InChI=1S/C14H16N2/c1-2-5-12-10(4-1)11-7-9-16-8-3-6-13(16)14(11)15-12/h1-2,4-5,10-11H,3,6-9H2. The topological polar surface area (TPSA) is 15.6 Å². The van der Waals surface area contributed by atoms with Crippen LogP contribution in [0.15, 0.2) is 40.7 Å². The molecule has 1 fully saturated rings. The van der Waals surface area contributed by atoms with Crippen molar-refractivity contribution in [3.8, 4) is 0 Å². The third-order valence-corrected chi connectivity index (χ3v) is 4.30. The monoisotopic (exact) mass is 212 g/mol. The fraction of sp³-hybridized carbons (Fsp3) is 0.500. The Balaban J connectivity index is 1.83. The van der Waals surface area contributed by atoms with Gasteiger partial charge in [0.1, 0.15) is 0 Å². The molecule has 2 unspecified atom stereocenters. The number of rotatable bonds is 0. The Morgan fingerprint density at radius 2 is 2.25 bits per heavy atom. The number of hydrogen-bond acceptors (Lipinski definition) is 2. The summed E-state index contributed by atoms with van der Waals surface area (Å²) in [5.74, 6) is 1.26. The Labute approximate surface area is 96.0 Å². The predicted molar refractivity (Wildman–Crippen MR) is 65.1 cm³/mol. The third kappa shape index (κ3) is 1.05. The molecule has 82 valence electrons. The zero-order chi connectivity index (χ0) is 10.5. The number of aliphatic imine (C=N–C) groups is 1. The Morgan fingerprint density at radius 3 is 3.25 bits per heavy atom. The highest BCUT2D eigenvalue weighted by atomic mass is 15.2. The zero-order valence-electron chi connectivity index (χ0n) is 9.39. The normalized spacial score (nSPS) is 35.0. The van der Waals surface area contributed by atoms with Crippen LogP contribution in [-0.4, -0.2) is 23.7 Å². The summed E-state index contributed by atoms with van der Waals surface area (Å²) in [6.45, 7) is 2.51. The van der Waals surface area contributed by atoms with Crippen molar-refractivity contribution in [3.63, 3.8) is 0 Å². The number of nitrogens with zero attached hydrogens (tertiary/aromatic N) is 2. The molecule has 0 spiro atoms. The molecule has 2 nitrogen and oxygen atoms in total. The van der Waals surface area contributed by atoms with E-state index in [9.17, 15) is 0 Å². The molecule has 3 aliphatic heterocycles. The van der Waals surface area contributed by atoms with E-state index in [1.54, 1.807) is 5.70 Å². The molecular weight excluding hydrogens is 196 g/mol. The van der Waals surface area contributed by atoms with Crippen molar-refractivity contribution in [1.29, 1.82) is 0 Å². The number of allylic oxidation sites excluding steroid dienone is 6. The molecule has 4 rings (SSSR count). The van der Waals surface area contributed by atoms with Crippen LogP contribution < -0.4 is 0 Å². The average molecular weight is 212 g/mol. The summed E-state index contributed by atoms with van der Waals surface area (Å²) in [7, 11) is 0. The molecule has 4 aliphatic rings. The smallest absolute Gasteiger partial charge is 0.0639 e. The lowest BCUT2D eigenvalue weighted by molar-refractivity contribution is 0.312. The van der Waals surface area contributed by atoms with E-state index < -0.39 is 0 Å². The predicted octanol–water partition coefficient (Wildman–Crippen LogP) is 2.51. The maximum Gasteiger partial charge on any atom is 0.0639 e. The molecule has 0 N–H and O–H groups in total. The minimum absolute atomic E-state index is 0.579. The highest BCUT2D eigenvalue weighted by Gasteiger charge is 2.39. The summed E-state index contributed by atoms with van der Waals surface area (Å²) in [5, 5.41) is 0. The highest BCUT2D eigenvalue weighted by molar-refractivity contribution is 6.02. The molecule has 1 aliphatic carbocycles. The van der Waals surface area contributed by atoms with Crippen LogP contribution >= 0.6 is 0 Å². The molecule has 0 aromatic heterocycles. The fourth-order valence-electron chi connectivity index (χ4n) is 3.55. The van der Waals surface area contributed by atoms with Crippen molar-refractivity contribution in [2.24, 2.45) is 16.8 Å². The van der Waals surface area contributed by atoms with Gasteiger partial charge in [0, 0.05) is 36.3 Å². The van der Waals surface area contributed by atoms with Crippen LogP contribution in [-0.2, 0) is 0 Å². The summed E-state index contributed by atoms with van der Waals surface area (Å²) >= 11 is 0. The van der Waals surface area contributed by atoms with Gasteiger partial charge in [-0.15, -0.1) is 0 Å².